The second-order valence-corrected chi connectivity index (χ2v) is 4.09. The van der Waals surface area contributed by atoms with E-state index in [4.69, 9.17) is 0 Å². The Labute approximate surface area is 81.5 Å². The number of likely N-dealkylation sites (N-methyl/N-ethyl adjacent to an activating group) is 1. The van der Waals surface area contributed by atoms with Crippen LogP contribution in [0.1, 0.15) is 27.7 Å². The highest BCUT2D eigenvalue weighted by Gasteiger charge is 2.13. The Morgan fingerprint density at radius 1 is 1.31 bits per heavy atom. The number of nitrogens with one attached hydrogen (secondary N) is 1. The molecule has 1 amide bonds. The molecule has 3 nitrogen and oxygen atoms in total. The van der Waals surface area contributed by atoms with Crippen molar-refractivity contribution in [2.75, 3.05) is 20.1 Å². The normalized spacial score (nSPS) is 11.4. The van der Waals surface area contributed by atoms with E-state index in [2.05, 4.69) is 37.9 Å². The van der Waals surface area contributed by atoms with Crippen LogP contribution in [0.5, 0.6) is 0 Å². The van der Waals surface area contributed by atoms with Crippen LogP contribution in [0.2, 0.25) is 0 Å². The van der Waals surface area contributed by atoms with Crippen molar-refractivity contribution in [2.24, 2.45) is 5.92 Å². The van der Waals surface area contributed by atoms with Crippen molar-refractivity contribution >= 4 is 5.91 Å². The van der Waals surface area contributed by atoms with Gasteiger partial charge in [0, 0.05) is 19.6 Å². The van der Waals surface area contributed by atoms with Crippen molar-refractivity contribution in [3.05, 3.63) is 0 Å². The predicted molar refractivity (Wildman–Crippen MR) is 55.6 cm³/mol. The van der Waals surface area contributed by atoms with Gasteiger partial charge in [0.2, 0.25) is 5.91 Å². The second kappa shape index (κ2) is 5.97. The van der Waals surface area contributed by atoms with Gasteiger partial charge in [0.05, 0.1) is 6.54 Å². The molecule has 0 saturated carbocycles. The van der Waals surface area contributed by atoms with Crippen LogP contribution < -0.4 is 5.32 Å². The second-order valence-electron chi connectivity index (χ2n) is 4.09. The molecule has 0 spiro atoms. The van der Waals surface area contributed by atoms with Gasteiger partial charge in [0.25, 0.3) is 0 Å². The molecule has 0 heterocycles. The molecule has 0 aliphatic rings. The largest absolute Gasteiger partial charge is 0.358 e. The van der Waals surface area contributed by atoms with Gasteiger partial charge in [-0.05, 0) is 19.8 Å². The Balaban J connectivity index is 4.02. The summed E-state index contributed by atoms with van der Waals surface area (Å²) in [6.45, 7) is 10.0. The molecular weight excluding hydrogens is 164 g/mol. The summed E-state index contributed by atoms with van der Waals surface area (Å²) >= 11 is 0. The van der Waals surface area contributed by atoms with Gasteiger partial charge in [-0.1, -0.05) is 13.8 Å². The summed E-state index contributed by atoms with van der Waals surface area (Å²) in [6, 6.07) is 0.430. The quantitative estimate of drug-likeness (QED) is 0.697. The maximum absolute atomic E-state index is 11.2. The molecule has 13 heavy (non-hydrogen) atoms. The lowest BCUT2D eigenvalue weighted by atomic mass is 10.2. The van der Waals surface area contributed by atoms with Crippen LogP contribution in [0.3, 0.4) is 0 Å². The van der Waals surface area contributed by atoms with Gasteiger partial charge in [0.15, 0.2) is 0 Å². The summed E-state index contributed by atoms with van der Waals surface area (Å²) in [6.07, 6.45) is 0. The van der Waals surface area contributed by atoms with Crippen molar-refractivity contribution in [1.29, 1.82) is 0 Å². The van der Waals surface area contributed by atoms with E-state index >= 15 is 0 Å². The van der Waals surface area contributed by atoms with Crippen molar-refractivity contribution in [1.82, 2.24) is 10.2 Å². The highest BCUT2D eigenvalue weighted by Crippen LogP contribution is 2.03. The van der Waals surface area contributed by atoms with Crippen LogP contribution >= 0.6 is 0 Å². The van der Waals surface area contributed by atoms with E-state index in [1.165, 1.54) is 0 Å². The number of hydrogen-bond acceptors (Lipinski definition) is 2. The minimum atomic E-state index is 0.0920. The molecular formula is C10H22N2O. The van der Waals surface area contributed by atoms with Crippen molar-refractivity contribution in [3.63, 3.8) is 0 Å². The summed E-state index contributed by atoms with van der Waals surface area (Å²) in [5.41, 5.74) is 0. The van der Waals surface area contributed by atoms with E-state index in [0.29, 0.717) is 18.5 Å². The molecule has 0 radical (unpaired) electrons. The summed E-state index contributed by atoms with van der Waals surface area (Å²) in [5, 5.41) is 2.64. The molecule has 0 atom stereocenters. The molecule has 3 heteroatoms. The Morgan fingerprint density at radius 3 is 2.15 bits per heavy atom. The summed E-state index contributed by atoms with van der Waals surface area (Å²) in [7, 11) is 1.68. The number of hydrogen-bond donors (Lipinski definition) is 1. The van der Waals surface area contributed by atoms with Crippen LogP contribution in [-0.4, -0.2) is 37.0 Å². The lowest BCUT2D eigenvalue weighted by Gasteiger charge is -2.27. The standard InChI is InChI=1S/C10H22N2O/c1-8(2)6-12(9(3)4)7-10(13)11-5/h8-9H,6-7H2,1-5H3,(H,11,13). The van der Waals surface area contributed by atoms with Crippen molar-refractivity contribution < 1.29 is 4.79 Å². The maximum atomic E-state index is 11.2. The Bertz CT molecular complexity index is 155. The molecule has 78 valence electrons. The number of nitrogens with zero attached hydrogens (tertiary/aromatic N) is 1. The number of amides is 1. The van der Waals surface area contributed by atoms with Gasteiger partial charge in [0.1, 0.15) is 0 Å². The topological polar surface area (TPSA) is 32.3 Å². The minimum Gasteiger partial charge on any atom is -0.358 e. The first-order chi connectivity index (χ1) is 5.97. The smallest absolute Gasteiger partial charge is 0.233 e. The Kier molecular flexibility index (Phi) is 5.71. The number of carbonyl (C=O) groups is 1. The van der Waals surface area contributed by atoms with E-state index in [9.17, 15) is 4.79 Å². The molecule has 0 aliphatic carbocycles. The highest BCUT2D eigenvalue weighted by molar-refractivity contribution is 5.77. The fourth-order valence-electron chi connectivity index (χ4n) is 1.19. The van der Waals surface area contributed by atoms with Crippen LogP contribution in [-0.2, 0) is 4.79 Å². The van der Waals surface area contributed by atoms with Crippen LogP contribution in [0, 0.1) is 5.92 Å². The number of carbonyl (C=O) groups excluding carboxylic acids is 1. The average Bonchev–Trinajstić information content (AvgIpc) is 2.02. The lowest BCUT2D eigenvalue weighted by molar-refractivity contribution is -0.122. The van der Waals surface area contributed by atoms with Gasteiger partial charge < -0.3 is 5.32 Å². The molecule has 0 unspecified atom stereocenters. The number of rotatable bonds is 5. The monoisotopic (exact) mass is 186 g/mol. The summed E-state index contributed by atoms with van der Waals surface area (Å²) in [5.74, 6) is 0.696. The SMILES string of the molecule is CNC(=O)CN(CC(C)C)C(C)C. The average molecular weight is 186 g/mol. The van der Waals surface area contributed by atoms with Crippen molar-refractivity contribution in [2.45, 2.75) is 33.7 Å². The molecule has 0 rings (SSSR count). The third kappa shape index (κ3) is 5.64. The molecule has 0 bridgehead atoms. The third-order valence-electron chi connectivity index (χ3n) is 1.96. The fraction of sp³-hybridized carbons (Fsp3) is 0.900. The van der Waals surface area contributed by atoms with E-state index in [0.717, 1.165) is 6.54 Å². The minimum absolute atomic E-state index is 0.0920. The molecule has 0 aromatic heterocycles. The van der Waals surface area contributed by atoms with Gasteiger partial charge in [-0.2, -0.15) is 0 Å². The van der Waals surface area contributed by atoms with Gasteiger partial charge in [-0.25, -0.2) is 0 Å². The maximum Gasteiger partial charge on any atom is 0.233 e. The van der Waals surface area contributed by atoms with Gasteiger partial charge in [-0.3, -0.25) is 9.69 Å². The summed E-state index contributed by atoms with van der Waals surface area (Å²) < 4.78 is 0. The van der Waals surface area contributed by atoms with Crippen LogP contribution in [0.4, 0.5) is 0 Å². The zero-order valence-corrected chi connectivity index (χ0v) is 9.42. The van der Waals surface area contributed by atoms with E-state index < -0.39 is 0 Å². The first-order valence-corrected chi connectivity index (χ1v) is 4.92. The van der Waals surface area contributed by atoms with E-state index in [1.807, 2.05) is 0 Å². The van der Waals surface area contributed by atoms with Crippen LogP contribution in [0.15, 0.2) is 0 Å². The molecule has 0 aromatic carbocycles. The molecule has 0 fully saturated rings. The molecule has 1 N–H and O–H groups in total. The molecule has 0 aromatic rings. The van der Waals surface area contributed by atoms with E-state index in [-0.39, 0.29) is 5.91 Å². The predicted octanol–water partition coefficient (Wildman–Crippen LogP) is 1.10. The highest BCUT2D eigenvalue weighted by atomic mass is 16.1. The van der Waals surface area contributed by atoms with Gasteiger partial charge >= 0.3 is 0 Å². The Hall–Kier alpha value is -0.570. The molecule has 0 aliphatic heterocycles. The fourth-order valence-corrected chi connectivity index (χ4v) is 1.19. The summed E-state index contributed by atoms with van der Waals surface area (Å²) in [4.78, 5) is 13.3. The Morgan fingerprint density at radius 2 is 1.85 bits per heavy atom. The van der Waals surface area contributed by atoms with Crippen LogP contribution in [0.25, 0.3) is 0 Å². The van der Waals surface area contributed by atoms with Gasteiger partial charge in [-0.15, -0.1) is 0 Å². The first-order valence-electron chi connectivity index (χ1n) is 4.92. The zero-order chi connectivity index (χ0) is 10.4. The van der Waals surface area contributed by atoms with Crippen molar-refractivity contribution in [3.8, 4) is 0 Å². The first kappa shape index (κ1) is 12.4. The third-order valence-corrected chi connectivity index (χ3v) is 1.96. The van der Waals surface area contributed by atoms with E-state index in [1.54, 1.807) is 7.05 Å². The zero-order valence-electron chi connectivity index (χ0n) is 9.42. The lowest BCUT2D eigenvalue weighted by Crippen LogP contribution is -2.41. The molecule has 0 saturated heterocycles.